The maximum Gasteiger partial charge on any atom is 2.00 e. The van der Waals surface area contributed by atoms with Crippen LogP contribution in [0.5, 0.6) is 0 Å². The third-order valence-electron chi connectivity index (χ3n) is 14.8. The van der Waals surface area contributed by atoms with Crippen molar-refractivity contribution in [3.8, 4) is 0 Å². The first-order valence-corrected chi connectivity index (χ1v) is 19.5. The van der Waals surface area contributed by atoms with Crippen LogP contribution in [0.15, 0.2) is 11.6 Å². The molecule has 0 spiro atoms. The second-order valence-electron chi connectivity index (χ2n) is 17.8. The Bertz CT molecular complexity index is 1260. The predicted octanol–water partition coefficient (Wildman–Crippen LogP) is 2.80. The molecule has 5 N–H and O–H groups in total. The van der Waals surface area contributed by atoms with Crippen LogP contribution < -0.4 is 9.79 Å². The Morgan fingerprint density at radius 3 is 2.16 bits per heavy atom. The number of ether oxygens (including phenoxy) is 2. The standard InChI is InChI=1S/C36H63O11P.Ca/c1-20(2)10-9-14-36(8,47-31-30(41)29(40)28(39)23(46-31)19-45-48(42,43)44)21-11-16-35(7)27(21)22(37)18-25-33(5)15-13-26(38)32(3,4)24(33)12-17-34(25,35)6;/h10,21-31,37-41H,9,11-19H2,1-8H3,(H2,42,43,44);/q;+2/p-2/t21?,22-,23-,24?,25?,26+,27?,28-,29+,30-,31+,33+,34-,35-,36+;/m1./s1. The molecule has 5 fully saturated rings. The molecule has 0 amide bonds. The summed E-state index contributed by atoms with van der Waals surface area (Å²) >= 11 is 0. The summed E-state index contributed by atoms with van der Waals surface area (Å²) in [7, 11) is -5.39. The van der Waals surface area contributed by atoms with E-state index in [2.05, 4.69) is 45.2 Å². The molecule has 5 rings (SSSR count). The van der Waals surface area contributed by atoms with E-state index < -0.39 is 56.8 Å². The average Bonchev–Trinajstić information content (AvgIpc) is 3.36. The first-order valence-electron chi connectivity index (χ1n) is 18.1. The number of hydrogen-bond donors (Lipinski definition) is 5. The molecule has 4 unspecified atom stereocenters. The number of phosphoric acid groups is 1. The van der Waals surface area contributed by atoms with Crippen molar-refractivity contribution in [2.24, 2.45) is 45.3 Å². The number of aliphatic hydroxyl groups excluding tert-OH is 5. The minimum absolute atomic E-state index is 0. The maximum atomic E-state index is 12.3. The van der Waals surface area contributed by atoms with E-state index in [9.17, 15) is 39.9 Å². The molecule has 0 aromatic heterocycles. The summed E-state index contributed by atoms with van der Waals surface area (Å²) in [6.45, 7) is 16.8. The average molecular weight is 741 g/mol. The molecule has 278 valence electrons. The van der Waals surface area contributed by atoms with Gasteiger partial charge in [-0.1, -0.05) is 46.3 Å². The summed E-state index contributed by atoms with van der Waals surface area (Å²) < 4.78 is 28.1. The SMILES string of the molecule is CC(C)=CCC[C@](C)(O[C@@H]1O[C@H](COP(=O)([O-])[O-])[C@@H](O)[C@H](O)[C@H]1O)C1CC[C@]2(C)C1[C@H](O)CC1[C@@]3(C)CC[C@H](O)C(C)(C)C3CC[C@]12C.[Ca+2]. The summed E-state index contributed by atoms with van der Waals surface area (Å²) in [6.07, 6.45) is 0.410. The van der Waals surface area contributed by atoms with Crippen molar-refractivity contribution in [3.63, 3.8) is 0 Å². The summed E-state index contributed by atoms with van der Waals surface area (Å²) in [5.41, 5.74) is -0.328. The third kappa shape index (κ3) is 7.46. The number of rotatable bonds is 9. The van der Waals surface area contributed by atoms with Gasteiger partial charge in [0.15, 0.2) is 6.29 Å². The van der Waals surface area contributed by atoms with E-state index >= 15 is 0 Å². The first-order chi connectivity index (χ1) is 22.0. The second kappa shape index (κ2) is 14.8. The molecular weight excluding hydrogens is 679 g/mol. The molecule has 1 saturated heterocycles. The Hall–Kier alpha value is 0.830. The fourth-order valence-corrected chi connectivity index (χ4v) is 12.3. The van der Waals surface area contributed by atoms with Gasteiger partial charge in [0.1, 0.15) is 24.4 Å². The fraction of sp³-hybridized carbons (Fsp3) is 0.944. The predicted molar refractivity (Wildman–Crippen MR) is 181 cm³/mol. The van der Waals surface area contributed by atoms with Gasteiger partial charge in [0.2, 0.25) is 0 Å². The van der Waals surface area contributed by atoms with Crippen LogP contribution in [0.3, 0.4) is 0 Å². The molecule has 0 aromatic carbocycles. The monoisotopic (exact) mass is 740 g/mol. The number of allylic oxidation sites excluding steroid dienone is 2. The van der Waals surface area contributed by atoms with Gasteiger partial charge in [-0.3, -0.25) is 0 Å². The first kappa shape index (κ1) is 42.6. The van der Waals surface area contributed by atoms with E-state index in [-0.39, 0.29) is 83.3 Å². The Morgan fingerprint density at radius 1 is 0.918 bits per heavy atom. The largest absolute Gasteiger partial charge is 2.00 e. The number of fused-ring (bicyclic) bond motifs is 5. The zero-order valence-corrected chi connectivity index (χ0v) is 33.9. The van der Waals surface area contributed by atoms with Crippen molar-refractivity contribution >= 4 is 45.6 Å². The van der Waals surface area contributed by atoms with Gasteiger partial charge in [0.05, 0.1) is 32.2 Å². The van der Waals surface area contributed by atoms with Crippen molar-refractivity contribution in [1.82, 2.24) is 0 Å². The van der Waals surface area contributed by atoms with Gasteiger partial charge in [-0.05, 0) is 124 Å². The third-order valence-corrected chi connectivity index (χ3v) is 15.3. The van der Waals surface area contributed by atoms with E-state index in [1.807, 2.05) is 20.8 Å². The van der Waals surface area contributed by atoms with Gasteiger partial charge in [-0.25, -0.2) is 0 Å². The van der Waals surface area contributed by atoms with Gasteiger partial charge in [-0.15, -0.1) is 0 Å². The molecule has 13 heteroatoms. The Kier molecular flexibility index (Phi) is 12.9. The molecule has 11 nitrogen and oxygen atoms in total. The van der Waals surface area contributed by atoms with Gasteiger partial charge >= 0.3 is 37.7 Å². The van der Waals surface area contributed by atoms with Gasteiger partial charge in [-0.2, -0.15) is 0 Å². The summed E-state index contributed by atoms with van der Waals surface area (Å²) in [4.78, 5) is 22.4. The summed E-state index contributed by atoms with van der Waals surface area (Å²) in [5.74, 6) is 0.367. The Morgan fingerprint density at radius 2 is 1.55 bits per heavy atom. The molecular formula is C36H61CaO11P. The van der Waals surface area contributed by atoms with Crippen LogP contribution in [0, 0.1) is 45.3 Å². The van der Waals surface area contributed by atoms with Crippen LogP contribution in [-0.2, 0) is 18.6 Å². The van der Waals surface area contributed by atoms with E-state index in [0.29, 0.717) is 25.2 Å². The molecule has 4 saturated carbocycles. The molecule has 0 aromatic rings. The van der Waals surface area contributed by atoms with Crippen molar-refractivity contribution in [2.75, 3.05) is 6.61 Å². The zero-order chi connectivity index (χ0) is 35.8. The van der Waals surface area contributed by atoms with E-state index in [4.69, 9.17) is 9.47 Å². The van der Waals surface area contributed by atoms with Gasteiger partial charge in [0.25, 0.3) is 0 Å². The minimum Gasteiger partial charge on any atom is -0.790 e. The van der Waals surface area contributed by atoms with Gasteiger partial charge in [0, 0.05) is 0 Å². The second-order valence-corrected chi connectivity index (χ2v) is 19.0. The van der Waals surface area contributed by atoms with Crippen LogP contribution in [0.2, 0.25) is 0 Å². The topological polar surface area (TPSA) is 192 Å². The molecule has 0 bridgehead atoms. The van der Waals surface area contributed by atoms with Gasteiger partial charge < -0.3 is 53.9 Å². The van der Waals surface area contributed by atoms with Crippen LogP contribution in [0.1, 0.15) is 113 Å². The number of phosphoric ester groups is 1. The van der Waals surface area contributed by atoms with Crippen molar-refractivity contribution in [1.29, 1.82) is 0 Å². The number of hydrogen-bond acceptors (Lipinski definition) is 11. The molecule has 0 radical (unpaired) electrons. The van der Waals surface area contributed by atoms with Crippen molar-refractivity contribution in [3.05, 3.63) is 11.6 Å². The summed E-state index contributed by atoms with van der Waals surface area (Å²) in [6, 6.07) is 0. The molecule has 15 atom stereocenters. The summed E-state index contributed by atoms with van der Waals surface area (Å²) in [5, 5.41) is 55.6. The van der Waals surface area contributed by atoms with Crippen LogP contribution >= 0.6 is 7.82 Å². The van der Waals surface area contributed by atoms with Crippen LogP contribution in [0.4, 0.5) is 0 Å². The quantitative estimate of drug-likeness (QED) is 0.133. The van der Waals surface area contributed by atoms with E-state index in [1.54, 1.807) is 0 Å². The smallest absolute Gasteiger partial charge is 0.790 e. The Balaban J connectivity index is 0.00000541. The van der Waals surface area contributed by atoms with Crippen LogP contribution in [-0.4, -0.2) is 118 Å². The van der Waals surface area contributed by atoms with Crippen molar-refractivity contribution in [2.45, 2.75) is 162 Å². The molecule has 4 aliphatic carbocycles. The maximum absolute atomic E-state index is 12.3. The fourth-order valence-electron chi connectivity index (χ4n) is 12.0. The molecule has 1 heterocycles. The zero-order valence-electron chi connectivity index (χ0n) is 30.8. The van der Waals surface area contributed by atoms with Crippen molar-refractivity contribution < 1.29 is 53.9 Å². The Labute approximate surface area is 322 Å². The minimum atomic E-state index is -5.39. The molecule has 49 heavy (non-hydrogen) atoms. The molecule has 1 aliphatic heterocycles. The van der Waals surface area contributed by atoms with E-state index in [0.717, 1.165) is 44.1 Å². The normalized spacial score (nSPS) is 47.5. The number of aliphatic hydroxyl groups is 5. The van der Waals surface area contributed by atoms with Crippen LogP contribution in [0.25, 0.3) is 0 Å². The molecule has 5 aliphatic rings. The van der Waals surface area contributed by atoms with E-state index in [1.165, 1.54) is 0 Å².